The monoisotopic (exact) mass is 258 g/mol. The van der Waals surface area contributed by atoms with Gasteiger partial charge in [0.25, 0.3) is 0 Å². The van der Waals surface area contributed by atoms with Gasteiger partial charge < -0.3 is 4.74 Å². The van der Waals surface area contributed by atoms with Crippen LogP contribution in [0.2, 0.25) is 0 Å². The maximum Gasteiger partial charge on any atom is 0.224 e. The second-order valence-electron chi connectivity index (χ2n) is 5.62. The van der Waals surface area contributed by atoms with E-state index in [1.165, 1.54) is 32.1 Å². The molecule has 0 aliphatic heterocycles. The van der Waals surface area contributed by atoms with Crippen LogP contribution in [-0.4, -0.2) is 18.0 Å². The molecular formula is C14H23ClO2. The number of carbonyl (C=O) groups excluding carboxylic acids is 1. The van der Waals surface area contributed by atoms with Gasteiger partial charge in [-0.25, -0.2) is 0 Å². The highest BCUT2D eigenvalue weighted by atomic mass is 35.5. The third kappa shape index (κ3) is 4.26. The highest BCUT2D eigenvalue weighted by Gasteiger charge is 2.26. The fraction of sp³-hybridized carbons (Fsp3) is 0.929. The topological polar surface area (TPSA) is 26.3 Å². The van der Waals surface area contributed by atoms with Crippen molar-refractivity contribution >= 4 is 16.8 Å². The van der Waals surface area contributed by atoms with E-state index in [9.17, 15) is 4.79 Å². The lowest BCUT2D eigenvalue weighted by Gasteiger charge is -2.29. The lowest BCUT2D eigenvalue weighted by atomic mass is 9.87. The van der Waals surface area contributed by atoms with Gasteiger partial charge in [-0.3, -0.25) is 4.79 Å². The van der Waals surface area contributed by atoms with Crippen molar-refractivity contribution in [3.63, 3.8) is 0 Å². The molecule has 0 aromatic heterocycles. The first-order chi connectivity index (χ1) is 8.25. The molecule has 3 heteroatoms. The summed E-state index contributed by atoms with van der Waals surface area (Å²) in [6.45, 7) is 0.935. The van der Waals surface area contributed by atoms with Gasteiger partial charge in [0, 0.05) is 12.5 Å². The SMILES string of the molecule is O=C(Cl)C1CCC(OCC2CCCCC2)CC1. The maximum atomic E-state index is 11.0. The van der Waals surface area contributed by atoms with E-state index in [4.69, 9.17) is 16.3 Å². The van der Waals surface area contributed by atoms with Crippen LogP contribution >= 0.6 is 11.6 Å². The summed E-state index contributed by atoms with van der Waals surface area (Å²) >= 11 is 5.52. The average Bonchev–Trinajstić information content (AvgIpc) is 2.38. The third-order valence-corrected chi connectivity index (χ3v) is 4.60. The van der Waals surface area contributed by atoms with Gasteiger partial charge in [0.1, 0.15) is 0 Å². The number of rotatable bonds is 4. The Hall–Kier alpha value is -0.0800. The largest absolute Gasteiger partial charge is 0.378 e. The van der Waals surface area contributed by atoms with E-state index in [-0.39, 0.29) is 11.2 Å². The zero-order valence-electron chi connectivity index (χ0n) is 10.5. The molecule has 2 aliphatic rings. The zero-order valence-corrected chi connectivity index (χ0v) is 11.3. The summed E-state index contributed by atoms with van der Waals surface area (Å²) in [5.41, 5.74) is 0. The number of hydrogen-bond acceptors (Lipinski definition) is 2. The summed E-state index contributed by atoms with van der Waals surface area (Å²) in [4.78, 5) is 11.0. The number of hydrogen-bond donors (Lipinski definition) is 0. The fourth-order valence-corrected chi connectivity index (χ4v) is 3.30. The van der Waals surface area contributed by atoms with Crippen molar-refractivity contribution in [2.75, 3.05) is 6.61 Å². The van der Waals surface area contributed by atoms with E-state index in [2.05, 4.69) is 0 Å². The molecule has 17 heavy (non-hydrogen) atoms. The van der Waals surface area contributed by atoms with Gasteiger partial charge in [0.05, 0.1) is 6.10 Å². The predicted molar refractivity (Wildman–Crippen MR) is 69.1 cm³/mol. The number of carbonyl (C=O) groups is 1. The number of ether oxygens (including phenoxy) is 1. The summed E-state index contributed by atoms with van der Waals surface area (Å²) in [7, 11) is 0. The van der Waals surface area contributed by atoms with Gasteiger partial charge in [-0.2, -0.15) is 0 Å². The molecule has 0 amide bonds. The lowest BCUT2D eigenvalue weighted by molar-refractivity contribution is -0.117. The maximum absolute atomic E-state index is 11.0. The van der Waals surface area contributed by atoms with Crippen LogP contribution in [0.25, 0.3) is 0 Å². The van der Waals surface area contributed by atoms with Crippen molar-refractivity contribution in [2.24, 2.45) is 11.8 Å². The standard InChI is InChI=1S/C14H23ClO2/c15-14(16)12-6-8-13(9-7-12)17-10-11-4-2-1-3-5-11/h11-13H,1-10H2. The minimum Gasteiger partial charge on any atom is -0.378 e. The van der Waals surface area contributed by atoms with Crippen molar-refractivity contribution in [1.29, 1.82) is 0 Å². The quantitative estimate of drug-likeness (QED) is 0.715. The molecule has 0 bridgehead atoms. The van der Waals surface area contributed by atoms with Crippen LogP contribution in [0.1, 0.15) is 57.8 Å². The zero-order chi connectivity index (χ0) is 12.1. The molecule has 0 radical (unpaired) electrons. The Balaban J connectivity index is 1.62. The molecule has 0 atom stereocenters. The van der Waals surface area contributed by atoms with Crippen LogP contribution in [-0.2, 0) is 9.53 Å². The lowest BCUT2D eigenvalue weighted by Crippen LogP contribution is -2.26. The summed E-state index contributed by atoms with van der Waals surface area (Å²) in [5.74, 6) is 0.877. The van der Waals surface area contributed by atoms with Crippen molar-refractivity contribution < 1.29 is 9.53 Å². The first-order valence-electron chi connectivity index (χ1n) is 7.06. The van der Waals surface area contributed by atoms with Crippen molar-refractivity contribution in [3.8, 4) is 0 Å². The fourth-order valence-electron chi connectivity index (χ4n) is 3.08. The van der Waals surface area contributed by atoms with Gasteiger partial charge in [-0.1, -0.05) is 19.3 Å². The predicted octanol–water partition coefficient (Wildman–Crippen LogP) is 3.91. The highest BCUT2D eigenvalue weighted by Crippen LogP contribution is 2.29. The van der Waals surface area contributed by atoms with E-state index in [1.54, 1.807) is 0 Å². The molecule has 2 aliphatic carbocycles. The first kappa shape index (κ1) is 13.4. The van der Waals surface area contributed by atoms with E-state index >= 15 is 0 Å². The Morgan fingerprint density at radius 2 is 1.65 bits per heavy atom. The van der Waals surface area contributed by atoms with Crippen LogP contribution in [0.3, 0.4) is 0 Å². The van der Waals surface area contributed by atoms with Gasteiger partial charge in [-0.15, -0.1) is 0 Å². The summed E-state index contributed by atoms with van der Waals surface area (Å²) < 4.78 is 6.00. The molecule has 2 rings (SSSR count). The Morgan fingerprint density at radius 3 is 2.24 bits per heavy atom. The number of halogens is 1. The van der Waals surface area contributed by atoms with Gasteiger partial charge >= 0.3 is 0 Å². The Morgan fingerprint density at radius 1 is 1.00 bits per heavy atom. The molecule has 2 nitrogen and oxygen atoms in total. The molecular weight excluding hydrogens is 236 g/mol. The molecule has 2 saturated carbocycles. The van der Waals surface area contributed by atoms with Crippen LogP contribution < -0.4 is 0 Å². The Bertz CT molecular complexity index is 241. The summed E-state index contributed by atoms with van der Waals surface area (Å²) in [6.07, 6.45) is 11.1. The van der Waals surface area contributed by atoms with Crippen LogP contribution in [0.15, 0.2) is 0 Å². The van der Waals surface area contributed by atoms with Gasteiger partial charge in [0.15, 0.2) is 0 Å². The van der Waals surface area contributed by atoms with Crippen LogP contribution in [0, 0.1) is 11.8 Å². The Labute approximate surface area is 109 Å². The minimum atomic E-state index is -0.157. The summed E-state index contributed by atoms with van der Waals surface area (Å²) in [5, 5.41) is -0.157. The molecule has 0 aromatic rings. The molecule has 0 unspecified atom stereocenters. The first-order valence-corrected chi connectivity index (χ1v) is 7.44. The normalized spacial score (nSPS) is 31.4. The second kappa shape index (κ2) is 6.75. The third-order valence-electron chi connectivity index (χ3n) is 4.29. The molecule has 0 aromatic carbocycles. The molecule has 0 N–H and O–H groups in total. The summed E-state index contributed by atoms with van der Waals surface area (Å²) in [6, 6.07) is 0. The molecule has 98 valence electrons. The molecule has 2 fully saturated rings. The average molecular weight is 259 g/mol. The van der Waals surface area contributed by atoms with Crippen molar-refractivity contribution in [1.82, 2.24) is 0 Å². The van der Waals surface area contributed by atoms with Gasteiger partial charge in [-0.05, 0) is 56.0 Å². The van der Waals surface area contributed by atoms with Crippen molar-refractivity contribution in [3.05, 3.63) is 0 Å². The van der Waals surface area contributed by atoms with Crippen LogP contribution in [0.4, 0.5) is 0 Å². The smallest absolute Gasteiger partial charge is 0.224 e. The van der Waals surface area contributed by atoms with E-state index in [0.29, 0.717) is 6.10 Å². The Kier molecular flexibility index (Phi) is 5.30. The molecule has 0 saturated heterocycles. The molecule has 0 heterocycles. The molecule has 0 spiro atoms. The van der Waals surface area contributed by atoms with Crippen molar-refractivity contribution in [2.45, 2.75) is 63.9 Å². The van der Waals surface area contributed by atoms with E-state index in [1.807, 2.05) is 0 Å². The van der Waals surface area contributed by atoms with Gasteiger partial charge in [0.2, 0.25) is 5.24 Å². The highest BCUT2D eigenvalue weighted by molar-refractivity contribution is 6.63. The second-order valence-corrected chi connectivity index (χ2v) is 5.99. The van der Waals surface area contributed by atoms with E-state index < -0.39 is 0 Å². The minimum absolute atomic E-state index is 0.0891. The van der Waals surface area contributed by atoms with E-state index in [0.717, 1.165) is 38.2 Å². The van der Waals surface area contributed by atoms with Crippen LogP contribution in [0.5, 0.6) is 0 Å².